The Kier molecular flexibility index (Phi) is 11.6. The van der Waals surface area contributed by atoms with Gasteiger partial charge in [-0.1, -0.05) is 48.6 Å². The summed E-state index contributed by atoms with van der Waals surface area (Å²) in [5, 5.41) is 36.9. The molecule has 15 nitrogen and oxygen atoms in total. The van der Waals surface area contributed by atoms with Crippen molar-refractivity contribution in [1.82, 2.24) is 4.90 Å². The molecule has 314 valence electrons. The minimum absolute atomic E-state index is 0.00942. The van der Waals surface area contributed by atoms with Gasteiger partial charge in [0.15, 0.2) is 47.1 Å². The SMILES string of the molecule is C=C1Oc2cc(OC)cc(C(=C)O[C@H]3COC(=O)C[C@H](N)c4cc(O)c(c(Cl)c4)OC4C#CC=C3C#CC3=CC=CC34O[C@@H]3OC(C)(C)[C@@H](N(C)C)[C@@H](O)[C@H]3O)c2NC1=O. The second-order valence-corrected chi connectivity index (χ2v) is 15.8. The number of carbonyl (C=O) groups excluding carboxylic acids is 2. The van der Waals surface area contributed by atoms with Crippen molar-refractivity contribution < 1.29 is 58.1 Å². The fraction of sp³-hybridized carbons (Fsp3) is 0.364. The van der Waals surface area contributed by atoms with E-state index >= 15 is 0 Å². The van der Waals surface area contributed by atoms with Gasteiger partial charge in [0.2, 0.25) is 0 Å². The molecule has 1 fully saturated rings. The lowest BCUT2D eigenvalue weighted by molar-refractivity contribution is -0.329. The average Bonchev–Trinajstić information content (AvgIpc) is 3.60. The van der Waals surface area contributed by atoms with Gasteiger partial charge in [-0.05, 0) is 69.8 Å². The molecular weight excluding hydrogens is 798 g/mol. The summed E-state index contributed by atoms with van der Waals surface area (Å²) >= 11 is 6.72. The number of likely N-dealkylation sites (N-methyl/N-ethyl adjacent to an activating group) is 1. The highest BCUT2D eigenvalue weighted by atomic mass is 35.5. The van der Waals surface area contributed by atoms with Crippen LogP contribution < -0.4 is 25.3 Å². The molecule has 2 aromatic carbocycles. The number of fused-ring (bicyclic) bond motifs is 9. The summed E-state index contributed by atoms with van der Waals surface area (Å²) in [6.07, 6.45) is -0.772. The van der Waals surface area contributed by atoms with E-state index in [1.54, 1.807) is 63.2 Å². The number of ether oxygens (including phenoxy) is 7. The van der Waals surface area contributed by atoms with Crippen molar-refractivity contribution in [3.63, 3.8) is 0 Å². The molecule has 0 aromatic heterocycles. The van der Waals surface area contributed by atoms with Crippen LogP contribution in [0.5, 0.6) is 23.0 Å². The molecular formula is C44H44ClN3O12. The number of hydrogen-bond donors (Lipinski definition) is 5. The topological polar surface area (TPSA) is 201 Å². The second kappa shape index (κ2) is 16.4. The van der Waals surface area contributed by atoms with E-state index in [1.807, 2.05) is 0 Å². The molecule has 1 amide bonds. The van der Waals surface area contributed by atoms with E-state index in [1.165, 1.54) is 25.3 Å². The van der Waals surface area contributed by atoms with Crippen LogP contribution in [0.2, 0.25) is 5.02 Å². The highest BCUT2D eigenvalue weighted by Gasteiger charge is 2.55. The molecule has 0 saturated carbocycles. The maximum Gasteiger partial charge on any atom is 0.307 e. The van der Waals surface area contributed by atoms with Gasteiger partial charge in [0, 0.05) is 29.3 Å². The average molecular weight is 842 g/mol. The molecule has 60 heavy (non-hydrogen) atoms. The first-order valence-corrected chi connectivity index (χ1v) is 19.2. The number of carbonyl (C=O) groups is 2. The van der Waals surface area contributed by atoms with E-state index in [-0.39, 0.29) is 56.9 Å². The third-order valence-electron chi connectivity index (χ3n) is 10.6. The van der Waals surface area contributed by atoms with Crippen molar-refractivity contribution in [2.45, 2.75) is 74.3 Å². The number of aromatic hydroxyl groups is 1. The van der Waals surface area contributed by atoms with Gasteiger partial charge in [0.25, 0.3) is 5.91 Å². The number of allylic oxidation sites excluding steroid dienone is 3. The first-order valence-electron chi connectivity index (χ1n) is 18.8. The molecule has 4 aliphatic heterocycles. The van der Waals surface area contributed by atoms with E-state index in [0.29, 0.717) is 11.3 Å². The third-order valence-corrected chi connectivity index (χ3v) is 10.9. The number of rotatable bonds is 7. The molecule has 4 bridgehead atoms. The van der Waals surface area contributed by atoms with Gasteiger partial charge < -0.3 is 64.4 Å². The zero-order valence-electron chi connectivity index (χ0n) is 33.4. The number of nitrogens with two attached hydrogens (primary N) is 1. The molecule has 2 aromatic rings. The highest BCUT2D eigenvalue weighted by molar-refractivity contribution is 6.32. The van der Waals surface area contributed by atoms with Crippen molar-refractivity contribution in [2.75, 3.05) is 33.1 Å². The summed E-state index contributed by atoms with van der Waals surface area (Å²) in [5.41, 5.74) is 4.93. The van der Waals surface area contributed by atoms with E-state index in [2.05, 4.69) is 42.2 Å². The number of benzene rings is 2. The molecule has 8 rings (SSSR count). The number of aliphatic hydroxyl groups is 2. The van der Waals surface area contributed by atoms with Crippen molar-refractivity contribution in [1.29, 1.82) is 0 Å². The van der Waals surface area contributed by atoms with Crippen molar-refractivity contribution in [3.8, 4) is 46.7 Å². The number of aliphatic hydroxyl groups excluding tert-OH is 2. The first-order chi connectivity index (χ1) is 28.4. The normalized spacial score (nSPS) is 29.0. The third kappa shape index (κ3) is 7.97. The van der Waals surface area contributed by atoms with Gasteiger partial charge in [0.1, 0.15) is 30.3 Å². The Bertz CT molecular complexity index is 2360. The molecule has 2 unspecified atom stereocenters. The molecule has 16 heteroatoms. The number of nitrogens with zero attached hydrogens (tertiary/aromatic N) is 1. The monoisotopic (exact) mass is 841 g/mol. The predicted octanol–water partition coefficient (Wildman–Crippen LogP) is 3.63. The second-order valence-electron chi connectivity index (χ2n) is 15.4. The van der Waals surface area contributed by atoms with E-state index in [9.17, 15) is 24.9 Å². The van der Waals surface area contributed by atoms with E-state index < -0.39 is 78.2 Å². The van der Waals surface area contributed by atoms with Gasteiger partial charge in [-0.25, -0.2) is 0 Å². The molecule has 0 spiro atoms. The fourth-order valence-corrected chi connectivity index (χ4v) is 7.98. The number of nitrogens with one attached hydrogen (secondary N) is 1. The lowest BCUT2D eigenvalue weighted by Crippen LogP contribution is -2.68. The quantitative estimate of drug-likeness (QED) is 0.117. The lowest BCUT2D eigenvalue weighted by Gasteiger charge is -2.51. The minimum Gasteiger partial charge on any atom is -0.504 e. The maximum atomic E-state index is 13.3. The number of hydrogen-bond acceptors (Lipinski definition) is 14. The smallest absolute Gasteiger partial charge is 0.307 e. The predicted molar refractivity (Wildman–Crippen MR) is 218 cm³/mol. The summed E-state index contributed by atoms with van der Waals surface area (Å²) in [6, 6.07) is 4.33. The summed E-state index contributed by atoms with van der Waals surface area (Å²) in [6.45, 7) is 10.9. The Hall–Kier alpha value is -5.75. The largest absolute Gasteiger partial charge is 0.504 e. The number of amides is 1. The Balaban J connectivity index is 1.34. The molecule has 6 aliphatic rings. The Morgan fingerprint density at radius 1 is 1.13 bits per heavy atom. The fourth-order valence-electron chi connectivity index (χ4n) is 7.71. The summed E-state index contributed by atoms with van der Waals surface area (Å²) in [7, 11) is 4.98. The summed E-state index contributed by atoms with van der Waals surface area (Å²) in [4.78, 5) is 27.7. The molecule has 1 saturated heterocycles. The number of phenolic OH excluding ortho intramolecular Hbond substituents is 1. The van der Waals surface area contributed by atoms with Crippen molar-refractivity contribution in [3.05, 3.63) is 94.8 Å². The van der Waals surface area contributed by atoms with Crippen LogP contribution in [-0.2, 0) is 28.5 Å². The molecule has 8 atom stereocenters. The van der Waals surface area contributed by atoms with Gasteiger partial charge in [-0.3, -0.25) is 9.59 Å². The zero-order chi connectivity index (χ0) is 43.3. The molecule has 2 aliphatic carbocycles. The zero-order valence-corrected chi connectivity index (χ0v) is 34.2. The van der Waals surface area contributed by atoms with Crippen LogP contribution in [0.25, 0.3) is 5.76 Å². The van der Waals surface area contributed by atoms with Crippen LogP contribution >= 0.6 is 11.6 Å². The summed E-state index contributed by atoms with van der Waals surface area (Å²) < 4.78 is 42.8. The number of methoxy groups -OCH3 is 1. The number of anilines is 1. The Morgan fingerprint density at radius 2 is 1.90 bits per heavy atom. The van der Waals surface area contributed by atoms with Crippen molar-refractivity contribution >= 4 is 34.9 Å². The van der Waals surface area contributed by atoms with E-state index in [0.717, 1.165) is 0 Å². The molecule has 0 radical (unpaired) electrons. The maximum absolute atomic E-state index is 13.3. The van der Waals surface area contributed by atoms with Crippen molar-refractivity contribution in [2.24, 2.45) is 5.73 Å². The van der Waals surface area contributed by atoms with Crippen LogP contribution in [0.3, 0.4) is 0 Å². The van der Waals surface area contributed by atoms with Crippen LogP contribution in [0, 0.1) is 23.7 Å². The van der Waals surface area contributed by atoms with Crippen LogP contribution in [-0.4, -0.2) is 108 Å². The van der Waals surface area contributed by atoms with Crippen LogP contribution in [0.1, 0.15) is 37.4 Å². The van der Waals surface area contributed by atoms with Crippen LogP contribution in [0.15, 0.2) is 78.6 Å². The van der Waals surface area contributed by atoms with Gasteiger partial charge in [0.05, 0.1) is 41.5 Å². The number of esters is 1. The molecule has 6 N–H and O–H groups in total. The first kappa shape index (κ1) is 42.4. The van der Waals surface area contributed by atoms with Gasteiger partial charge >= 0.3 is 5.97 Å². The standard InChI is InChI=1S/C44H44ClN3O12/c1-22(28-18-27(54-7)19-32-36(28)47-41(53)23(2)57-32)56-33-21-55-35(50)20-30(46)25-16-29(45)39(31(49)17-25)58-34-12-8-10-24(33)13-14-26-11-9-15-44(26,34)60-42-38(52)37(51)40(48(5)6)43(3,4)59-42/h9-11,15-19,30,33-34,37-38,40,42,49,51-52H,1-2,20-21,46H2,3-7H3,(H,47,53)/t30-,33-,34?,37-,38+,40-,42-,44?/m0/s1. The Labute approximate surface area is 351 Å². The Morgan fingerprint density at radius 3 is 2.62 bits per heavy atom. The van der Waals surface area contributed by atoms with Gasteiger partial charge in [-0.2, -0.15) is 0 Å². The van der Waals surface area contributed by atoms with Gasteiger partial charge in [-0.15, -0.1) is 0 Å². The molecule has 4 heterocycles. The lowest BCUT2D eigenvalue weighted by atomic mass is 9.85. The highest BCUT2D eigenvalue weighted by Crippen LogP contribution is 2.45. The number of halogens is 1. The van der Waals surface area contributed by atoms with E-state index in [4.69, 9.17) is 50.5 Å². The minimum atomic E-state index is -1.75. The van der Waals surface area contributed by atoms with Crippen LogP contribution in [0.4, 0.5) is 5.69 Å². The summed E-state index contributed by atoms with van der Waals surface area (Å²) in [5.74, 6) is 10.8. The number of phenols is 1.